The standard InChI is InChI=1S/C10H18N2O/c1-6(9(4)13)10-7(2)11-12(5)8(10)3/h6,9,13H,1-5H3. The Morgan fingerprint density at radius 1 is 1.31 bits per heavy atom. The van der Waals surface area contributed by atoms with Gasteiger partial charge in [0.25, 0.3) is 0 Å². The van der Waals surface area contributed by atoms with E-state index in [0.29, 0.717) is 0 Å². The first kappa shape index (κ1) is 10.3. The van der Waals surface area contributed by atoms with Crippen molar-refractivity contribution in [3.05, 3.63) is 17.0 Å². The molecule has 1 rings (SSSR count). The summed E-state index contributed by atoms with van der Waals surface area (Å²) in [6.07, 6.45) is -0.318. The van der Waals surface area contributed by atoms with Crippen molar-refractivity contribution in [2.24, 2.45) is 7.05 Å². The molecule has 0 amide bonds. The SMILES string of the molecule is Cc1nn(C)c(C)c1C(C)C(C)O. The zero-order chi connectivity index (χ0) is 10.2. The Bertz CT molecular complexity index is 302. The summed E-state index contributed by atoms with van der Waals surface area (Å²) in [6, 6.07) is 0. The average molecular weight is 182 g/mol. The Labute approximate surface area is 79.4 Å². The number of aliphatic hydroxyl groups is 1. The van der Waals surface area contributed by atoms with Crippen molar-refractivity contribution >= 4 is 0 Å². The molecule has 0 aliphatic rings. The van der Waals surface area contributed by atoms with Crippen molar-refractivity contribution in [1.29, 1.82) is 0 Å². The zero-order valence-corrected chi connectivity index (χ0v) is 9.00. The van der Waals surface area contributed by atoms with Crippen LogP contribution in [-0.4, -0.2) is 21.0 Å². The molecule has 0 saturated carbocycles. The number of rotatable bonds is 2. The molecule has 2 atom stereocenters. The van der Waals surface area contributed by atoms with Gasteiger partial charge in [0.05, 0.1) is 11.8 Å². The van der Waals surface area contributed by atoms with Gasteiger partial charge in [-0.2, -0.15) is 5.10 Å². The predicted molar refractivity (Wildman–Crippen MR) is 52.8 cm³/mol. The molecule has 0 spiro atoms. The summed E-state index contributed by atoms with van der Waals surface area (Å²) in [5, 5.41) is 13.8. The topological polar surface area (TPSA) is 38.0 Å². The smallest absolute Gasteiger partial charge is 0.0632 e. The Morgan fingerprint density at radius 2 is 1.85 bits per heavy atom. The second-order valence-corrected chi connectivity index (χ2v) is 3.74. The van der Waals surface area contributed by atoms with E-state index in [-0.39, 0.29) is 12.0 Å². The molecule has 1 N–H and O–H groups in total. The first-order valence-corrected chi connectivity index (χ1v) is 4.63. The quantitative estimate of drug-likeness (QED) is 0.753. The fourth-order valence-electron chi connectivity index (χ4n) is 1.69. The zero-order valence-electron chi connectivity index (χ0n) is 9.00. The second kappa shape index (κ2) is 3.50. The third-order valence-electron chi connectivity index (χ3n) is 2.74. The van der Waals surface area contributed by atoms with Crippen LogP contribution in [0.1, 0.15) is 36.7 Å². The fourth-order valence-corrected chi connectivity index (χ4v) is 1.69. The number of aliphatic hydroxyl groups excluding tert-OH is 1. The van der Waals surface area contributed by atoms with Crippen LogP contribution in [-0.2, 0) is 7.05 Å². The van der Waals surface area contributed by atoms with Gasteiger partial charge < -0.3 is 5.11 Å². The van der Waals surface area contributed by atoms with Gasteiger partial charge in [0.1, 0.15) is 0 Å². The Morgan fingerprint density at radius 3 is 2.15 bits per heavy atom. The highest BCUT2D eigenvalue weighted by molar-refractivity contribution is 5.28. The van der Waals surface area contributed by atoms with Crippen molar-refractivity contribution in [3.63, 3.8) is 0 Å². The summed E-state index contributed by atoms with van der Waals surface area (Å²) in [5.41, 5.74) is 3.34. The summed E-state index contributed by atoms with van der Waals surface area (Å²) in [4.78, 5) is 0. The van der Waals surface area contributed by atoms with Crippen LogP contribution in [0, 0.1) is 13.8 Å². The molecule has 2 unspecified atom stereocenters. The van der Waals surface area contributed by atoms with Crippen LogP contribution in [0.25, 0.3) is 0 Å². The molecule has 1 aromatic heterocycles. The normalized spacial score (nSPS) is 15.8. The Kier molecular flexibility index (Phi) is 2.76. The molecule has 0 aliphatic heterocycles. The summed E-state index contributed by atoms with van der Waals surface area (Å²) in [7, 11) is 1.93. The summed E-state index contributed by atoms with van der Waals surface area (Å²) in [6.45, 7) is 7.87. The van der Waals surface area contributed by atoms with Crippen LogP contribution in [0.15, 0.2) is 0 Å². The molecule has 74 valence electrons. The molecule has 0 aromatic carbocycles. The number of hydrogen-bond donors (Lipinski definition) is 1. The third-order valence-corrected chi connectivity index (χ3v) is 2.74. The van der Waals surface area contributed by atoms with E-state index in [1.54, 1.807) is 0 Å². The van der Waals surface area contributed by atoms with Gasteiger partial charge in [-0.05, 0) is 20.8 Å². The minimum absolute atomic E-state index is 0.161. The molecule has 0 aliphatic carbocycles. The number of hydrogen-bond acceptors (Lipinski definition) is 2. The van der Waals surface area contributed by atoms with Gasteiger partial charge in [0, 0.05) is 24.2 Å². The molecule has 1 heterocycles. The van der Waals surface area contributed by atoms with E-state index in [0.717, 1.165) is 11.4 Å². The van der Waals surface area contributed by atoms with Crippen LogP contribution in [0.2, 0.25) is 0 Å². The van der Waals surface area contributed by atoms with Crippen LogP contribution in [0.5, 0.6) is 0 Å². The largest absolute Gasteiger partial charge is 0.393 e. The molecule has 3 heteroatoms. The lowest BCUT2D eigenvalue weighted by molar-refractivity contribution is 0.168. The van der Waals surface area contributed by atoms with Crippen molar-refractivity contribution in [2.45, 2.75) is 39.7 Å². The van der Waals surface area contributed by atoms with E-state index in [2.05, 4.69) is 5.10 Å². The molecule has 0 fully saturated rings. The van der Waals surface area contributed by atoms with Gasteiger partial charge >= 0.3 is 0 Å². The van der Waals surface area contributed by atoms with E-state index < -0.39 is 0 Å². The van der Waals surface area contributed by atoms with Crippen molar-refractivity contribution in [1.82, 2.24) is 9.78 Å². The molecular formula is C10H18N2O. The molecule has 1 aromatic rings. The first-order chi connectivity index (χ1) is 5.95. The van der Waals surface area contributed by atoms with Crippen LogP contribution in [0.3, 0.4) is 0 Å². The second-order valence-electron chi connectivity index (χ2n) is 3.74. The van der Waals surface area contributed by atoms with Crippen molar-refractivity contribution < 1.29 is 5.11 Å². The monoisotopic (exact) mass is 182 g/mol. The molecular weight excluding hydrogens is 164 g/mol. The maximum atomic E-state index is 9.50. The first-order valence-electron chi connectivity index (χ1n) is 4.63. The third kappa shape index (κ3) is 1.75. The molecule has 0 saturated heterocycles. The lowest BCUT2D eigenvalue weighted by Gasteiger charge is -2.15. The average Bonchev–Trinajstić information content (AvgIpc) is 2.26. The van der Waals surface area contributed by atoms with Gasteiger partial charge in [0.2, 0.25) is 0 Å². The highest BCUT2D eigenvalue weighted by Crippen LogP contribution is 2.25. The van der Waals surface area contributed by atoms with Gasteiger partial charge in [-0.3, -0.25) is 4.68 Å². The van der Waals surface area contributed by atoms with Gasteiger partial charge in [0.15, 0.2) is 0 Å². The maximum Gasteiger partial charge on any atom is 0.0632 e. The van der Waals surface area contributed by atoms with E-state index in [9.17, 15) is 5.11 Å². The molecule has 3 nitrogen and oxygen atoms in total. The van der Waals surface area contributed by atoms with E-state index in [4.69, 9.17) is 0 Å². The highest BCUT2D eigenvalue weighted by atomic mass is 16.3. The maximum absolute atomic E-state index is 9.50. The van der Waals surface area contributed by atoms with E-state index >= 15 is 0 Å². The highest BCUT2D eigenvalue weighted by Gasteiger charge is 2.19. The van der Waals surface area contributed by atoms with Crippen LogP contribution >= 0.6 is 0 Å². The lowest BCUT2D eigenvalue weighted by Crippen LogP contribution is -2.12. The summed E-state index contributed by atoms with van der Waals surface area (Å²) < 4.78 is 1.86. The summed E-state index contributed by atoms with van der Waals surface area (Å²) in [5.74, 6) is 0.161. The van der Waals surface area contributed by atoms with Gasteiger partial charge in [-0.1, -0.05) is 6.92 Å². The lowest BCUT2D eigenvalue weighted by atomic mass is 9.95. The number of aryl methyl sites for hydroxylation is 2. The number of aromatic nitrogens is 2. The minimum atomic E-state index is -0.318. The minimum Gasteiger partial charge on any atom is -0.393 e. The fraction of sp³-hybridized carbons (Fsp3) is 0.700. The number of nitrogens with zero attached hydrogens (tertiary/aromatic N) is 2. The molecule has 0 bridgehead atoms. The summed E-state index contributed by atoms with van der Waals surface area (Å²) >= 11 is 0. The Balaban J connectivity index is 3.13. The van der Waals surface area contributed by atoms with Gasteiger partial charge in [-0.15, -0.1) is 0 Å². The van der Waals surface area contributed by atoms with Crippen LogP contribution < -0.4 is 0 Å². The van der Waals surface area contributed by atoms with Gasteiger partial charge in [-0.25, -0.2) is 0 Å². The van der Waals surface area contributed by atoms with E-state index in [1.807, 2.05) is 39.4 Å². The van der Waals surface area contributed by atoms with Crippen LogP contribution in [0.4, 0.5) is 0 Å². The van der Waals surface area contributed by atoms with Crippen molar-refractivity contribution in [3.8, 4) is 0 Å². The Hall–Kier alpha value is -0.830. The molecule has 0 radical (unpaired) electrons. The predicted octanol–water partition coefficient (Wildman–Crippen LogP) is 1.52. The van der Waals surface area contributed by atoms with E-state index in [1.165, 1.54) is 5.56 Å². The van der Waals surface area contributed by atoms with Crippen molar-refractivity contribution in [2.75, 3.05) is 0 Å². The molecule has 13 heavy (non-hydrogen) atoms.